The van der Waals surface area contributed by atoms with Crippen molar-refractivity contribution in [3.63, 3.8) is 0 Å². The van der Waals surface area contributed by atoms with Crippen molar-refractivity contribution in [3.8, 4) is 17.0 Å². The van der Waals surface area contributed by atoms with Crippen LogP contribution in [0.2, 0.25) is 5.02 Å². The number of carbonyl (C=O) groups excluding carboxylic acids is 1. The number of hydrogen-bond acceptors (Lipinski definition) is 5. The Balaban J connectivity index is 1.39. The lowest BCUT2D eigenvalue weighted by Gasteiger charge is -2.33. The summed E-state index contributed by atoms with van der Waals surface area (Å²) >= 11 is 6.06. The summed E-state index contributed by atoms with van der Waals surface area (Å²) < 4.78 is 20.2. The van der Waals surface area contributed by atoms with E-state index in [1.54, 1.807) is 12.1 Å². The molecule has 0 aliphatic carbocycles. The van der Waals surface area contributed by atoms with E-state index in [2.05, 4.69) is 15.2 Å². The van der Waals surface area contributed by atoms with Gasteiger partial charge in [0.15, 0.2) is 0 Å². The van der Waals surface area contributed by atoms with Gasteiger partial charge < -0.3 is 15.0 Å². The van der Waals surface area contributed by atoms with E-state index in [0.29, 0.717) is 11.3 Å². The Morgan fingerprint density at radius 1 is 1.13 bits per heavy atom. The molecule has 2 aromatic carbocycles. The highest BCUT2D eigenvalue weighted by molar-refractivity contribution is 6.31. The van der Waals surface area contributed by atoms with Crippen molar-refractivity contribution >= 4 is 34.2 Å². The highest BCUT2D eigenvalue weighted by Gasteiger charge is 2.22. The summed E-state index contributed by atoms with van der Waals surface area (Å²) in [4.78, 5) is 24.2. The van der Waals surface area contributed by atoms with Crippen molar-refractivity contribution in [2.75, 3.05) is 18.0 Å². The Kier molecular flexibility index (Phi) is 7.74. The van der Waals surface area contributed by atoms with Gasteiger partial charge in [0.25, 0.3) is 0 Å². The van der Waals surface area contributed by atoms with Gasteiger partial charge in [0.2, 0.25) is 5.91 Å². The zero-order chi connectivity index (χ0) is 26.6. The molecule has 5 rings (SSSR count). The number of carbonyl (C=O) groups is 1. The van der Waals surface area contributed by atoms with E-state index in [9.17, 15) is 9.18 Å². The molecule has 38 heavy (non-hydrogen) atoms. The Labute approximate surface area is 226 Å². The van der Waals surface area contributed by atoms with Gasteiger partial charge in [-0.1, -0.05) is 17.7 Å². The van der Waals surface area contributed by atoms with Gasteiger partial charge >= 0.3 is 0 Å². The van der Waals surface area contributed by atoms with Crippen LogP contribution < -0.4 is 15.0 Å². The molecule has 0 spiro atoms. The quantitative estimate of drug-likeness (QED) is 0.307. The van der Waals surface area contributed by atoms with Gasteiger partial charge in [-0.2, -0.15) is 0 Å². The van der Waals surface area contributed by atoms with Crippen molar-refractivity contribution in [2.24, 2.45) is 0 Å². The number of fused-ring (bicyclic) bond motifs is 1. The molecule has 3 heterocycles. The lowest BCUT2D eigenvalue weighted by Crippen LogP contribution is -2.38. The molecule has 8 heteroatoms. The van der Waals surface area contributed by atoms with E-state index in [1.807, 2.05) is 62.5 Å². The summed E-state index contributed by atoms with van der Waals surface area (Å²) in [5.74, 6) is 1.16. The predicted octanol–water partition coefficient (Wildman–Crippen LogP) is 6.20. The average molecular weight is 533 g/mol. The molecule has 0 radical (unpaired) electrons. The number of amides is 1. The van der Waals surface area contributed by atoms with Crippen LogP contribution in [0.1, 0.15) is 32.3 Å². The molecular formula is C30H30ClFN4O2. The van der Waals surface area contributed by atoms with Crippen molar-refractivity contribution < 1.29 is 13.9 Å². The molecule has 1 saturated heterocycles. The Hall–Kier alpha value is -3.71. The second-order valence-electron chi connectivity index (χ2n) is 9.87. The van der Waals surface area contributed by atoms with Gasteiger partial charge in [0, 0.05) is 49.1 Å². The minimum atomic E-state index is -0.497. The molecule has 0 atom stereocenters. The van der Waals surface area contributed by atoms with E-state index in [1.165, 1.54) is 6.07 Å². The lowest BCUT2D eigenvalue weighted by molar-refractivity contribution is -0.120. The van der Waals surface area contributed by atoms with Crippen LogP contribution >= 0.6 is 11.6 Å². The number of hydrogen-bond donors (Lipinski definition) is 1. The van der Waals surface area contributed by atoms with Gasteiger partial charge in [-0.15, -0.1) is 0 Å². The van der Waals surface area contributed by atoms with Crippen molar-refractivity contribution in [1.82, 2.24) is 15.3 Å². The van der Waals surface area contributed by atoms with Gasteiger partial charge in [0.1, 0.15) is 23.5 Å². The molecule has 0 saturated carbocycles. The van der Waals surface area contributed by atoms with Crippen molar-refractivity contribution in [3.05, 3.63) is 83.3 Å². The van der Waals surface area contributed by atoms with Crippen LogP contribution in [-0.2, 0) is 11.2 Å². The topological polar surface area (TPSA) is 67.3 Å². The molecule has 6 nitrogen and oxygen atoms in total. The third-order valence-corrected chi connectivity index (χ3v) is 6.87. The largest absolute Gasteiger partial charge is 0.490 e. The molecule has 1 N–H and O–H groups in total. The van der Waals surface area contributed by atoms with E-state index in [0.717, 1.165) is 54.0 Å². The first-order chi connectivity index (χ1) is 18.4. The van der Waals surface area contributed by atoms with Gasteiger partial charge in [0.05, 0.1) is 22.7 Å². The molecule has 1 amide bonds. The number of ether oxygens (including phenoxy) is 1. The van der Waals surface area contributed by atoms with Crippen molar-refractivity contribution in [1.29, 1.82) is 0 Å². The first kappa shape index (κ1) is 25.9. The number of rotatable bonds is 7. The predicted molar refractivity (Wildman–Crippen MR) is 149 cm³/mol. The Bertz CT molecular complexity index is 1440. The summed E-state index contributed by atoms with van der Waals surface area (Å²) in [6.45, 7) is 5.61. The molecule has 4 aromatic rings. The first-order valence-corrected chi connectivity index (χ1v) is 13.2. The van der Waals surface area contributed by atoms with Crippen LogP contribution in [-0.4, -0.2) is 41.1 Å². The normalized spacial score (nSPS) is 14.2. The molecular weight excluding hydrogens is 503 g/mol. The summed E-state index contributed by atoms with van der Waals surface area (Å²) in [5, 5.41) is 3.82. The molecule has 0 unspecified atom stereocenters. The van der Waals surface area contributed by atoms with Gasteiger partial charge in [-0.05, 0) is 74.0 Å². The van der Waals surface area contributed by atoms with Crippen LogP contribution in [0.25, 0.3) is 22.2 Å². The average Bonchev–Trinajstić information content (AvgIpc) is 2.90. The highest BCUT2D eigenvalue weighted by Crippen LogP contribution is 2.31. The Morgan fingerprint density at radius 2 is 1.95 bits per heavy atom. The van der Waals surface area contributed by atoms with E-state index in [-0.39, 0.29) is 29.5 Å². The van der Waals surface area contributed by atoms with E-state index in [4.69, 9.17) is 21.3 Å². The van der Waals surface area contributed by atoms with Crippen LogP contribution in [0.15, 0.2) is 66.9 Å². The monoisotopic (exact) mass is 532 g/mol. The fraction of sp³-hybridized carbons (Fsp3) is 0.300. The van der Waals surface area contributed by atoms with Crippen LogP contribution in [0, 0.1) is 5.82 Å². The van der Waals surface area contributed by atoms with Gasteiger partial charge in [-0.3, -0.25) is 4.79 Å². The highest BCUT2D eigenvalue weighted by atomic mass is 35.5. The summed E-state index contributed by atoms with van der Waals surface area (Å²) in [7, 11) is 0. The number of pyridine rings is 2. The SMILES string of the molecule is CC(C)NC(=O)Cc1cc2cc(OC3CCN(c4ccccn4)CC3)ccc2nc1-c1ccc(F)c(Cl)c1. The minimum Gasteiger partial charge on any atom is -0.490 e. The number of nitrogens with one attached hydrogen (secondary N) is 1. The second kappa shape index (κ2) is 11.4. The van der Waals surface area contributed by atoms with Crippen molar-refractivity contribution in [2.45, 2.75) is 45.3 Å². The smallest absolute Gasteiger partial charge is 0.224 e. The molecule has 196 valence electrons. The maximum atomic E-state index is 13.8. The first-order valence-electron chi connectivity index (χ1n) is 12.9. The number of aromatic nitrogens is 2. The fourth-order valence-electron chi connectivity index (χ4n) is 4.78. The van der Waals surface area contributed by atoms with Crippen LogP contribution in [0.3, 0.4) is 0 Å². The standard InChI is InChI=1S/C30H30ClFN4O2/c1-19(2)34-29(37)18-22-15-21-16-24(38-23-10-13-36(14-11-23)28-5-3-4-12-33-28)7-9-27(21)35-30(22)20-6-8-26(32)25(31)17-20/h3-9,12,15-17,19,23H,10-11,13-14,18H2,1-2H3,(H,34,37). The zero-order valence-corrected chi connectivity index (χ0v) is 22.2. The Morgan fingerprint density at radius 3 is 2.66 bits per heavy atom. The summed E-state index contributed by atoms with van der Waals surface area (Å²) in [5.41, 5.74) is 2.75. The molecule has 1 fully saturated rings. The maximum absolute atomic E-state index is 13.8. The third kappa shape index (κ3) is 6.05. The number of anilines is 1. The number of piperidine rings is 1. The van der Waals surface area contributed by atoms with E-state index >= 15 is 0 Å². The van der Waals surface area contributed by atoms with E-state index < -0.39 is 5.82 Å². The molecule has 2 aromatic heterocycles. The van der Waals surface area contributed by atoms with Crippen LogP contribution in [0.4, 0.5) is 10.2 Å². The molecule has 0 bridgehead atoms. The summed E-state index contributed by atoms with van der Waals surface area (Å²) in [6, 6.07) is 18.2. The second-order valence-corrected chi connectivity index (χ2v) is 10.3. The third-order valence-electron chi connectivity index (χ3n) is 6.58. The number of benzene rings is 2. The minimum absolute atomic E-state index is 0.0137. The van der Waals surface area contributed by atoms with Gasteiger partial charge in [-0.25, -0.2) is 14.4 Å². The summed E-state index contributed by atoms with van der Waals surface area (Å²) in [6.07, 6.45) is 3.87. The van der Waals surface area contributed by atoms with Crippen LogP contribution in [0.5, 0.6) is 5.75 Å². The number of halogens is 2. The zero-order valence-electron chi connectivity index (χ0n) is 21.5. The maximum Gasteiger partial charge on any atom is 0.224 e. The lowest BCUT2D eigenvalue weighted by atomic mass is 10.00. The fourth-order valence-corrected chi connectivity index (χ4v) is 4.96. The molecule has 1 aliphatic rings. The molecule has 1 aliphatic heterocycles. The number of nitrogens with zero attached hydrogens (tertiary/aromatic N) is 3.